The third-order valence-electron chi connectivity index (χ3n) is 5.83. The Labute approximate surface area is 237 Å². The maximum Gasteiger partial charge on any atom is 0.308 e. The first-order valence-corrected chi connectivity index (χ1v) is 14.2. The Balaban J connectivity index is 1.52. The van der Waals surface area contributed by atoms with Crippen molar-refractivity contribution < 1.29 is 32.3 Å². The van der Waals surface area contributed by atoms with Gasteiger partial charge in [0.2, 0.25) is 15.9 Å². The number of carbonyl (C=O) groups excluding carboxylic acids is 3. The highest BCUT2D eigenvalue weighted by Crippen LogP contribution is 2.29. The summed E-state index contributed by atoms with van der Waals surface area (Å²) < 4.78 is 39.1. The van der Waals surface area contributed by atoms with Gasteiger partial charge < -0.3 is 14.8 Å². The van der Waals surface area contributed by atoms with Gasteiger partial charge >= 0.3 is 11.9 Å². The number of esters is 2. The van der Waals surface area contributed by atoms with Crippen molar-refractivity contribution in [1.82, 2.24) is 4.72 Å². The molecule has 0 aromatic heterocycles. The van der Waals surface area contributed by atoms with Gasteiger partial charge in [-0.2, -0.15) is 0 Å². The van der Waals surface area contributed by atoms with Gasteiger partial charge in [0.05, 0.1) is 4.90 Å². The van der Waals surface area contributed by atoms with Crippen LogP contribution in [-0.2, 0) is 30.8 Å². The summed E-state index contributed by atoms with van der Waals surface area (Å²) in [5.41, 5.74) is 1.89. The molecule has 0 unspecified atom stereocenters. The first-order chi connectivity index (χ1) is 19.6. The van der Waals surface area contributed by atoms with Crippen molar-refractivity contribution in [2.45, 2.75) is 25.2 Å². The van der Waals surface area contributed by atoms with Crippen LogP contribution >= 0.6 is 0 Å². The number of carbonyl (C=O) groups is 3. The van der Waals surface area contributed by atoms with Gasteiger partial charge in [0.1, 0.15) is 11.5 Å². The molecule has 0 aliphatic rings. The van der Waals surface area contributed by atoms with Crippen LogP contribution in [0.4, 0.5) is 5.69 Å². The van der Waals surface area contributed by atoms with Crippen molar-refractivity contribution in [2.75, 3.05) is 11.9 Å². The second-order valence-corrected chi connectivity index (χ2v) is 10.8. The summed E-state index contributed by atoms with van der Waals surface area (Å²) in [5, 5.41) is 3.79. The van der Waals surface area contributed by atoms with E-state index in [1.165, 1.54) is 50.3 Å². The standard InChI is InChI=1S/C31H28N2O7S/c1-21(34)39-25-18-24(19-26(20-25)40-22(2)35)14-15-31(36)33-29-12-6-11-28-27(29)10-7-13-30(28)41(37,38)32-17-16-23-8-4-3-5-9-23/h3-15,18-20,32H,16-17H2,1-2H3,(H,33,36). The summed E-state index contributed by atoms with van der Waals surface area (Å²) in [6.07, 6.45) is 3.27. The topological polar surface area (TPSA) is 128 Å². The number of hydrogen-bond acceptors (Lipinski definition) is 7. The van der Waals surface area contributed by atoms with Crippen LogP contribution in [0.5, 0.6) is 11.5 Å². The zero-order chi connectivity index (χ0) is 29.4. The number of ether oxygens (including phenoxy) is 2. The molecule has 41 heavy (non-hydrogen) atoms. The molecule has 0 radical (unpaired) electrons. The van der Waals surface area contributed by atoms with Gasteiger partial charge in [-0.15, -0.1) is 0 Å². The smallest absolute Gasteiger partial charge is 0.308 e. The first-order valence-electron chi connectivity index (χ1n) is 12.7. The predicted octanol–water partition coefficient (Wildman–Crippen LogP) is 4.86. The molecule has 0 fully saturated rings. The zero-order valence-electron chi connectivity index (χ0n) is 22.4. The van der Waals surface area contributed by atoms with Crippen LogP contribution in [-0.4, -0.2) is 32.8 Å². The molecule has 1 amide bonds. The number of amides is 1. The Morgan fingerprint density at radius 3 is 2.07 bits per heavy atom. The number of sulfonamides is 1. The van der Waals surface area contributed by atoms with Gasteiger partial charge in [-0.1, -0.05) is 54.6 Å². The van der Waals surface area contributed by atoms with Crippen molar-refractivity contribution in [2.24, 2.45) is 0 Å². The highest BCUT2D eigenvalue weighted by atomic mass is 32.2. The monoisotopic (exact) mass is 572 g/mol. The summed E-state index contributed by atoms with van der Waals surface area (Å²) in [6, 6.07) is 23.9. The van der Waals surface area contributed by atoms with Crippen LogP contribution in [0.15, 0.2) is 95.9 Å². The second kappa shape index (κ2) is 13.0. The Bertz CT molecular complexity index is 1700. The van der Waals surface area contributed by atoms with Crippen LogP contribution in [0.1, 0.15) is 25.0 Å². The van der Waals surface area contributed by atoms with Crippen molar-refractivity contribution >= 4 is 50.4 Å². The summed E-state index contributed by atoms with van der Waals surface area (Å²) in [6.45, 7) is 2.72. The van der Waals surface area contributed by atoms with Gasteiger partial charge in [0.15, 0.2) is 0 Å². The van der Waals surface area contributed by atoms with E-state index >= 15 is 0 Å². The predicted molar refractivity (Wildman–Crippen MR) is 156 cm³/mol. The van der Waals surface area contributed by atoms with Crippen molar-refractivity contribution in [3.05, 3.63) is 102 Å². The average molecular weight is 573 g/mol. The zero-order valence-corrected chi connectivity index (χ0v) is 23.2. The van der Waals surface area contributed by atoms with Crippen molar-refractivity contribution in [3.8, 4) is 11.5 Å². The number of fused-ring (bicyclic) bond motifs is 1. The highest BCUT2D eigenvalue weighted by molar-refractivity contribution is 7.89. The fourth-order valence-electron chi connectivity index (χ4n) is 4.16. The summed E-state index contributed by atoms with van der Waals surface area (Å²) in [7, 11) is -3.82. The molecule has 0 bridgehead atoms. The SMILES string of the molecule is CC(=O)Oc1cc(C=CC(=O)Nc2cccc3c(S(=O)(=O)NCCc4ccccc4)cccc23)cc(OC(C)=O)c1. The van der Waals surface area contributed by atoms with Gasteiger partial charge in [0, 0.05) is 49.0 Å². The molecular formula is C31H28N2O7S. The molecule has 0 heterocycles. The fourth-order valence-corrected chi connectivity index (χ4v) is 5.41. The van der Waals surface area contributed by atoms with Crippen LogP contribution < -0.4 is 19.5 Å². The molecule has 0 saturated heterocycles. The van der Waals surface area contributed by atoms with Crippen molar-refractivity contribution in [1.29, 1.82) is 0 Å². The van der Waals surface area contributed by atoms with E-state index in [1.54, 1.807) is 30.3 Å². The van der Waals surface area contributed by atoms with E-state index in [0.29, 0.717) is 28.4 Å². The minimum atomic E-state index is -3.82. The molecule has 0 aliphatic heterocycles. The molecular weight excluding hydrogens is 544 g/mol. The van der Waals surface area contributed by atoms with Gasteiger partial charge in [-0.25, -0.2) is 13.1 Å². The minimum absolute atomic E-state index is 0.106. The largest absolute Gasteiger partial charge is 0.427 e. The molecule has 0 spiro atoms. The van der Waals surface area contributed by atoms with E-state index in [2.05, 4.69) is 10.0 Å². The Hall–Kier alpha value is -4.80. The minimum Gasteiger partial charge on any atom is -0.427 e. The van der Waals surface area contributed by atoms with Gasteiger partial charge in [0.25, 0.3) is 0 Å². The number of nitrogens with one attached hydrogen (secondary N) is 2. The van der Waals surface area contributed by atoms with Crippen LogP contribution in [0, 0.1) is 0 Å². The number of benzene rings is 4. The van der Waals surface area contributed by atoms with E-state index in [9.17, 15) is 22.8 Å². The van der Waals surface area contributed by atoms with E-state index in [-0.39, 0.29) is 22.9 Å². The molecule has 4 rings (SSSR count). The van der Waals surface area contributed by atoms with Crippen molar-refractivity contribution in [3.63, 3.8) is 0 Å². The number of rotatable bonds is 10. The normalized spacial score (nSPS) is 11.4. The second-order valence-electron chi connectivity index (χ2n) is 9.04. The molecule has 10 heteroatoms. The van der Waals surface area contributed by atoms with Crippen LogP contribution in [0.3, 0.4) is 0 Å². The van der Waals surface area contributed by atoms with Gasteiger partial charge in [-0.05, 0) is 47.9 Å². The van der Waals surface area contributed by atoms with Crippen LogP contribution in [0.25, 0.3) is 16.8 Å². The third kappa shape index (κ3) is 8.10. The lowest BCUT2D eigenvalue weighted by atomic mass is 10.1. The van der Waals surface area contributed by atoms with E-state index in [1.807, 2.05) is 30.3 Å². The molecule has 0 aliphatic carbocycles. The van der Waals surface area contributed by atoms with Crippen LogP contribution in [0.2, 0.25) is 0 Å². The molecule has 210 valence electrons. The number of anilines is 1. The third-order valence-corrected chi connectivity index (χ3v) is 7.35. The lowest BCUT2D eigenvalue weighted by Crippen LogP contribution is -2.26. The Morgan fingerprint density at radius 1 is 0.780 bits per heavy atom. The first kappa shape index (κ1) is 29.2. The van der Waals surface area contributed by atoms with E-state index in [0.717, 1.165) is 5.56 Å². The quantitative estimate of drug-likeness (QED) is 0.158. The molecule has 9 nitrogen and oxygen atoms in total. The fraction of sp³-hybridized carbons (Fsp3) is 0.129. The molecule has 0 saturated carbocycles. The Morgan fingerprint density at radius 2 is 1.41 bits per heavy atom. The van der Waals surface area contributed by atoms with Gasteiger partial charge in [-0.3, -0.25) is 14.4 Å². The summed E-state index contributed by atoms with van der Waals surface area (Å²) in [5.74, 6) is -1.30. The average Bonchev–Trinajstić information content (AvgIpc) is 2.91. The lowest BCUT2D eigenvalue weighted by molar-refractivity contribution is -0.132. The lowest BCUT2D eigenvalue weighted by Gasteiger charge is -2.12. The Kier molecular flexibility index (Phi) is 9.28. The van der Waals surface area contributed by atoms with E-state index in [4.69, 9.17) is 9.47 Å². The molecule has 4 aromatic carbocycles. The highest BCUT2D eigenvalue weighted by Gasteiger charge is 2.18. The molecule has 0 atom stereocenters. The molecule has 2 N–H and O–H groups in total. The maximum absolute atomic E-state index is 13.1. The van der Waals surface area contributed by atoms with E-state index < -0.39 is 27.9 Å². The maximum atomic E-state index is 13.1. The summed E-state index contributed by atoms with van der Waals surface area (Å²) >= 11 is 0. The number of hydrogen-bond donors (Lipinski definition) is 2. The summed E-state index contributed by atoms with van der Waals surface area (Å²) in [4.78, 5) is 35.7. The molecule has 4 aromatic rings.